The van der Waals surface area contributed by atoms with Gasteiger partial charge in [0.25, 0.3) is 11.4 Å². The largest absolute Gasteiger partial charge is 0.478 e. The summed E-state index contributed by atoms with van der Waals surface area (Å²) in [5.41, 5.74) is 1.79. The summed E-state index contributed by atoms with van der Waals surface area (Å²) in [6.07, 6.45) is 1.08. The molecule has 0 unspecified atom stereocenters. The van der Waals surface area contributed by atoms with Crippen molar-refractivity contribution in [2.45, 2.75) is 0 Å². The second-order valence-electron chi connectivity index (χ2n) is 4.48. The van der Waals surface area contributed by atoms with Gasteiger partial charge in [0.15, 0.2) is 0 Å². The highest BCUT2D eigenvalue weighted by atomic mass is 16.6. The quantitative estimate of drug-likeness (QED) is 0.470. The molecule has 0 aliphatic carbocycles. The second kappa shape index (κ2) is 6.96. The topological polar surface area (TPSA) is 148 Å². The van der Waals surface area contributed by atoms with Crippen molar-refractivity contribution in [3.05, 3.63) is 73.8 Å². The van der Waals surface area contributed by atoms with Crippen LogP contribution in [0.25, 0.3) is 0 Å². The van der Waals surface area contributed by atoms with E-state index >= 15 is 0 Å². The van der Waals surface area contributed by atoms with Crippen LogP contribution in [0.4, 0.5) is 17.1 Å². The third-order valence-corrected chi connectivity index (χ3v) is 2.97. The summed E-state index contributed by atoms with van der Waals surface area (Å²) < 4.78 is 0. The maximum absolute atomic E-state index is 11.1. The number of nitro groups is 2. The molecular formula is C14H10N4O6. The van der Waals surface area contributed by atoms with E-state index in [2.05, 4.69) is 10.5 Å². The van der Waals surface area contributed by atoms with E-state index in [0.717, 1.165) is 18.3 Å². The van der Waals surface area contributed by atoms with Gasteiger partial charge in [-0.1, -0.05) is 12.1 Å². The predicted molar refractivity (Wildman–Crippen MR) is 84.4 cm³/mol. The normalized spacial score (nSPS) is 10.5. The first kappa shape index (κ1) is 16.5. The van der Waals surface area contributed by atoms with Gasteiger partial charge in [-0.05, 0) is 18.2 Å². The fraction of sp³-hybridized carbons (Fsp3) is 0. The molecule has 10 nitrogen and oxygen atoms in total. The molecule has 0 saturated heterocycles. The number of nitrogens with zero attached hydrogens (tertiary/aromatic N) is 3. The Kier molecular flexibility index (Phi) is 4.80. The van der Waals surface area contributed by atoms with Gasteiger partial charge in [-0.15, -0.1) is 0 Å². The van der Waals surface area contributed by atoms with Crippen LogP contribution in [0.2, 0.25) is 0 Å². The van der Waals surface area contributed by atoms with Gasteiger partial charge in [-0.2, -0.15) is 5.10 Å². The average molecular weight is 330 g/mol. The molecule has 10 heteroatoms. The Balaban J connectivity index is 2.28. The number of nitro benzene ring substituents is 2. The molecule has 0 radical (unpaired) electrons. The van der Waals surface area contributed by atoms with Crippen LogP contribution in [0.15, 0.2) is 47.6 Å². The zero-order chi connectivity index (χ0) is 17.7. The number of non-ortho nitro benzene ring substituents is 1. The molecule has 0 saturated carbocycles. The Morgan fingerprint density at radius 3 is 2.46 bits per heavy atom. The third-order valence-electron chi connectivity index (χ3n) is 2.97. The number of carbonyl (C=O) groups is 1. The van der Waals surface area contributed by atoms with Crippen LogP contribution in [0.5, 0.6) is 0 Å². The molecule has 0 aliphatic heterocycles. The summed E-state index contributed by atoms with van der Waals surface area (Å²) in [7, 11) is 0. The van der Waals surface area contributed by atoms with Gasteiger partial charge >= 0.3 is 5.97 Å². The van der Waals surface area contributed by atoms with E-state index in [1.54, 1.807) is 12.1 Å². The molecule has 0 aliphatic rings. The average Bonchev–Trinajstić information content (AvgIpc) is 2.55. The Morgan fingerprint density at radius 2 is 1.83 bits per heavy atom. The fourth-order valence-corrected chi connectivity index (χ4v) is 1.85. The lowest BCUT2D eigenvalue weighted by atomic mass is 10.2. The van der Waals surface area contributed by atoms with Crippen LogP contribution in [0.3, 0.4) is 0 Å². The summed E-state index contributed by atoms with van der Waals surface area (Å²) in [6.45, 7) is 0. The minimum absolute atomic E-state index is 0.0205. The summed E-state index contributed by atoms with van der Waals surface area (Å²) in [4.78, 5) is 31.2. The fourth-order valence-electron chi connectivity index (χ4n) is 1.85. The van der Waals surface area contributed by atoms with Crippen LogP contribution >= 0.6 is 0 Å². The molecule has 2 aromatic rings. The van der Waals surface area contributed by atoms with Crippen LogP contribution in [-0.2, 0) is 0 Å². The zero-order valence-corrected chi connectivity index (χ0v) is 11.9. The van der Waals surface area contributed by atoms with Gasteiger partial charge in [-0.3, -0.25) is 25.7 Å². The number of hydrogen-bond acceptors (Lipinski definition) is 7. The van der Waals surface area contributed by atoms with Crippen molar-refractivity contribution in [3.63, 3.8) is 0 Å². The van der Waals surface area contributed by atoms with Crippen LogP contribution < -0.4 is 5.43 Å². The first-order valence-corrected chi connectivity index (χ1v) is 6.44. The molecule has 0 fully saturated rings. The van der Waals surface area contributed by atoms with Crippen LogP contribution in [-0.4, -0.2) is 27.1 Å². The highest BCUT2D eigenvalue weighted by Gasteiger charge is 2.18. The molecule has 2 aromatic carbocycles. The number of nitrogens with one attached hydrogen (secondary N) is 1. The van der Waals surface area contributed by atoms with Gasteiger partial charge in [0.2, 0.25) is 0 Å². The maximum atomic E-state index is 11.1. The van der Waals surface area contributed by atoms with Crippen LogP contribution in [0, 0.1) is 20.2 Å². The maximum Gasteiger partial charge on any atom is 0.337 e. The molecule has 24 heavy (non-hydrogen) atoms. The number of carboxylic acids is 1. The van der Waals surface area contributed by atoms with Gasteiger partial charge in [0.1, 0.15) is 0 Å². The molecule has 0 heterocycles. The van der Waals surface area contributed by atoms with Crippen molar-refractivity contribution in [1.82, 2.24) is 0 Å². The van der Waals surface area contributed by atoms with Gasteiger partial charge in [-0.25, -0.2) is 4.79 Å². The van der Waals surface area contributed by atoms with Crippen molar-refractivity contribution < 1.29 is 19.7 Å². The van der Waals surface area contributed by atoms with Crippen molar-refractivity contribution in [1.29, 1.82) is 0 Å². The first-order valence-electron chi connectivity index (χ1n) is 6.44. The van der Waals surface area contributed by atoms with E-state index in [9.17, 15) is 25.0 Å². The SMILES string of the molecule is O=C(O)c1ccccc1N/N=C/c1ccc([N+](=O)[O-])cc1[N+](=O)[O-]. The Bertz CT molecular complexity index is 849. The number of anilines is 1. The van der Waals surface area contributed by atoms with Crippen molar-refractivity contribution in [3.8, 4) is 0 Å². The summed E-state index contributed by atoms with van der Waals surface area (Å²) in [6, 6.07) is 9.11. The van der Waals surface area contributed by atoms with Crippen molar-refractivity contribution in [2.24, 2.45) is 5.10 Å². The Morgan fingerprint density at radius 1 is 1.12 bits per heavy atom. The smallest absolute Gasteiger partial charge is 0.337 e. The van der Waals surface area contributed by atoms with E-state index < -0.39 is 27.2 Å². The van der Waals surface area contributed by atoms with Gasteiger partial charge in [0.05, 0.1) is 38.9 Å². The summed E-state index contributed by atoms with van der Waals surface area (Å²) in [5.74, 6) is -1.16. The lowest BCUT2D eigenvalue weighted by Gasteiger charge is -2.04. The second-order valence-corrected chi connectivity index (χ2v) is 4.48. The van der Waals surface area contributed by atoms with Gasteiger partial charge < -0.3 is 5.11 Å². The number of para-hydroxylation sites is 1. The highest BCUT2D eigenvalue weighted by molar-refractivity contribution is 5.94. The zero-order valence-electron chi connectivity index (χ0n) is 11.9. The molecule has 2 rings (SSSR count). The van der Waals surface area contributed by atoms with Crippen LogP contribution in [0.1, 0.15) is 15.9 Å². The molecule has 0 amide bonds. The Labute approximate surface area is 134 Å². The number of carboxylic acid groups (broad SMARTS) is 1. The molecular weight excluding hydrogens is 320 g/mol. The monoisotopic (exact) mass is 330 g/mol. The lowest BCUT2D eigenvalue weighted by molar-refractivity contribution is -0.394. The summed E-state index contributed by atoms with van der Waals surface area (Å²) >= 11 is 0. The van der Waals surface area contributed by atoms with E-state index in [1.165, 1.54) is 18.2 Å². The molecule has 0 atom stereocenters. The first-order chi connectivity index (χ1) is 11.4. The molecule has 0 aromatic heterocycles. The Hall–Kier alpha value is -3.82. The molecule has 122 valence electrons. The number of aromatic carboxylic acids is 1. The van der Waals surface area contributed by atoms with Crippen molar-refractivity contribution in [2.75, 3.05) is 5.43 Å². The van der Waals surface area contributed by atoms with Crippen molar-refractivity contribution >= 4 is 29.2 Å². The van der Waals surface area contributed by atoms with E-state index in [-0.39, 0.29) is 16.8 Å². The highest BCUT2D eigenvalue weighted by Crippen LogP contribution is 2.23. The predicted octanol–water partition coefficient (Wildman–Crippen LogP) is 2.65. The minimum atomic E-state index is -1.16. The molecule has 0 spiro atoms. The molecule has 0 bridgehead atoms. The van der Waals surface area contributed by atoms with E-state index in [1.807, 2.05) is 0 Å². The minimum Gasteiger partial charge on any atom is -0.478 e. The third kappa shape index (κ3) is 3.68. The van der Waals surface area contributed by atoms with Gasteiger partial charge in [0, 0.05) is 6.07 Å². The standard InChI is InChI=1S/C14H10N4O6/c19-14(20)11-3-1-2-4-12(11)16-15-8-9-5-6-10(17(21)22)7-13(9)18(23)24/h1-8,16H,(H,19,20)/b15-8+. The van der Waals surface area contributed by atoms with E-state index in [0.29, 0.717) is 0 Å². The number of hydrogen-bond donors (Lipinski definition) is 2. The number of benzene rings is 2. The number of rotatable bonds is 6. The molecule has 2 N–H and O–H groups in total. The lowest BCUT2D eigenvalue weighted by Crippen LogP contribution is -2.02. The summed E-state index contributed by atoms with van der Waals surface area (Å²) in [5, 5.41) is 34.5. The number of hydrazone groups is 1. The van der Waals surface area contributed by atoms with E-state index in [4.69, 9.17) is 5.11 Å².